The molecule has 7 nitrogen and oxygen atoms in total. The van der Waals surface area contributed by atoms with Gasteiger partial charge in [0.05, 0.1) is 37.1 Å². The van der Waals surface area contributed by atoms with Crippen LogP contribution in [0.5, 0.6) is 0 Å². The van der Waals surface area contributed by atoms with Gasteiger partial charge < -0.3 is 10.2 Å². The monoisotopic (exact) mass is 615 g/mol. The number of nitrogens with zero attached hydrogens (tertiary/aromatic N) is 2. The summed E-state index contributed by atoms with van der Waals surface area (Å²) < 4.78 is 26.2. The number of nitrogens with one attached hydrogen (secondary N) is 1. The van der Waals surface area contributed by atoms with Gasteiger partial charge in [-0.05, 0) is 43.2 Å². The third-order valence-corrected chi connectivity index (χ3v) is 8.16. The average Bonchev–Trinajstić information content (AvgIpc) is 2.79. The van der Waals surface area contributed by atoms with Gasteiger partial charge in [0.2, 0.25) is 21.8 Å². The second-order valence-corrected chi connectivity index (χ2v) is 12.0. The van der Waals surface area contributed by atoms with E-state index in [9.17, 15) is 18.0 Å². The molecule has 0 saturated heterocycles. The van der Waals surface area contributed by atoms with Crippen LogP contribution in [0.2, 0.25) is 25.1 Å². The molecule has 1 atom stereocenters. The summed E-state index contributed by atoms with van der Waals surface area (Å²) in [6.45, 7) is 3.34. The molecule has 0 saturated carbocycles. The molecule has 1 N–H and O–H groups in total. The van der Waals surface area contributed by atoms with Crippen molar-refractivity contribution in [1.29, 1.82) is 0 Å². The Morgan fingerprint density at radius 1 is 0.944 bits per heavy atom. The van der Waals surface area contributed by atoms with E-state index in [-0.39, 0.29) is 38.2 Å². The lowest BCUT2D eigenvalue weighted by atomic mass is 10.1. The normalized spacial score (nSPS) is 12.2. The quantitative estimate of drug-likeness (QED) is 0.246. The first-order valence-corrected chi connectivity index (χ1v) is 14.6. The maximum atomic E-state index is 13.5. The highest BCUT2D eigenvalue weighted by molar-refractivity contribution is 7.92. The van der Waals surface area contributed by atoms with E-state index >= 15 is 0 Å². The molecule has 198 valence electrons. The SMILES string of the molecule is CCCCNC(=O)C(C)N(Cc1ccc(Cl)c(Cl)c1)C(=O)CN(c1cc(Cl)c(Cl)cc1Cl)S(C)(=O)=O. The maximum Gasteiger partial charge on any atom is 0.244 e. The standard InChI is InChI=1S/C23H26Cl5N3O4S/c1-4-5-8-29-23(33)14(2)30(12-15-6-7-16(24)17(25)9-15)22(32)13-31(36(3,34)35)21-11-19(27)18(26)10-20(21)28/h6-7,9-11,14H,4-5,8,12-13H2,1-3H3,(H,29,33). The minimum atomic E-state index is -3.99. The fourth-order valence-electron chi connectivity index (χ4n) is 3.25. The average molecular weight is 618 g/mol. The van der Waals surface area contributed by atoms with Gasteiger partial charge in [-0.1, -0.05) is 77.4 Å². The van der Waals surface area contributed by atoms with Crippen LogP contribution in [0.15, 0.2) is 30.3 Å². The van der Waals surface area contributed by atoms with E-state index in [1.807, 2.05) is 6.92 Å². The van der Waals surface area contributed by atoms with Gasteiger partial charge in [0.15, 0.2) is 0 Å². The number of hydrogen-bond donors (Lipinski definition) is 1. The van der Waals surface area contributed by atoms with Gasteiger partial charge in [-0.15, -0.1) is 0 Å². The van der Waals surface area contributed by atoms with Crippen molar-refractivity contribution in [3.05, 3.63) is 61.0 Å². The lowest BCUT2D eigenvalue weighted by Crippen LogP contribution is -2.51. The minimum Gasteiger partial charge on any atom is -0.354 e. The Bertz CT molecular complexity index is 1230. The van der Waals surface area contributed by atoms with Crippen molar-refractivity contribution in [3.8, 4) is 0 Å². The minimum absolute atomic E-state index is 0.0102. The van der Waals surface area contributed by atoms with Gasteiger partial charge in [-0.25, -0.2) is 8.42 Å². The van der Waals surface area contributed by atoms with Crippen molar-refractivity contribution < 1.29 is 18.0 Å². The molecule has 2 amide bonds. The predicted octanol–water partition coefficient (Wildman–Crippen LogP) is 6.05. The van der Waals surface area contributed by atoms with E-state index in [4.69, 9.17) is 58.0 Å². The maximum absolute atomic E-state index is 13.5. The van der Waals surface area contributed by atoms with Crippen molar-refractivity contribution in [2.75, 3.05) is 23.7 Å². The van der Waals surface area contributed by atoms with Crippen LogP contribution in [0.4, 0.5) is 5.69 Å². The molecule has 0 aliphatic carbocycles. The second-order valence-electron chi connectivity index (χ2n) is 8.08. The number of rotatable bonds is 11. The number of amides is 2. The van der Waals surface area contributed by atoms with Crippen LogP contribution >= 0.6 is 58.0 Å². The van der Waals surface area contributed by atoms with E-state index in [0.29, 0.717) is 17.1 Å². The van der Waals surface area contributed by atoms with Crippen LogP contribution < -0.4 is 9.62 Å². The molecule has 2 aromatic rings. The predicted molar refractivity (Wildman–Crippen MR) is 148 cm³/mol. The zero-order valence-corrected chi connectivity index (χ0v) is 24.4. The molecule has 13 heteroatoms. The van der Waals surface area contributed by atoms with Crippen LogP contribution in [0.25, 0.3) is 0 Å². The Balaban J connectivity index is 2.44. The van der Waals surface area contributed by atoms with Crippen molar-refractivity contribution in [3.63, 3.8) is 0 Å². The van der Waals surface area contributed by atoms with Gasteiger partial charge in [0.25, 0.3) is 0 Å². The number of unbranched alkanes of at least 4 members (excludes halogenated alkanes) is 1. The lowest BCUT2D eigenvalue weighted by Gasteiger charge is -2.32. The highest BCUT2D eigenvalue weighted by Gasteiger charge is 2.31. The number of sulfonamides is 1. The molecule has 0 heterocycles. The Hall–Kier alpha value is -1.42. The lowest BCUT2D eigenvalue weighted by molar-refractivity contribution is -0.139. The summed E-state index contributed by atoms with van der Waals surface area (Å²) in [6.07, 6.45) is 2.59. The molecule has 0 aliphatic rings. The van der Waals surface area contributed by atoms with Crippen molar-refractivity contribution in [1.82, 2.24) is 10.2 Å². The van der Waals surface area contributed by atoms with E-state index in [1.165, 1.54) is 17.0 Å². The number of carbonyl (C=O) groups is 2. The molecule has 0 fully saturated rings. The largest absolute Gasteiger partial charge is 0.354 e. The number of anilines is 1. The summed E-state index contributed by atoms with van der Waals surface area (Å²) in [5.41, 5.74) is 0.584. The first-order chi connectivity index (χ1) is 16.8. The topological polar surface area (TPSA) is 86.8 Å². The van der Waals surface area contributed by atoms with Crippen LogP contribution in [-0.4, -0.2) is 50.5 Å². The summed E-state index contributed by atoms with van der Waals surface area (Å²) >= 11 is 30.4. The van der Waals surface area contributed by atoms with E-state index in [1.54, 1.807) is 25.1 Å². The molecule has 0 bridgehead atoms. The van der Waals surface area contributed by atoms with Crippen molar-refractivity contribution in [2.45, 2.75) is 39.3 Å². The molecule has 0 spiro atoms. The molecule has 2 rings (SSSR count). The molecular weight excluding hydrogens is 592 g/mol. The molecule has 0 radical (unpaired) electrons. The summed E-state index contributed by atoms with van der Waals surface area (Å²) in [6, 6.07) is 6.46. The Morgan fingerprint density at radius 2 is 1.56 bits per heavy atom. The number of hydrogen-bond acceptors (Lipinski definition) is 4. The second kappa shape index (κ2) is 13.4. The Labute approximate surface area is 236 Å². The first-order valence-electron chi connectivity index (χ1n) is 10.9. The van der Waals surface area contributed by atoms with Crippen LogP contribution in [-0.2, 0) is 26.2 Å². The fraction of sp³-hybridized carbons (Fsp3) is 0.391. The first kappa shape index (κ1) is 30.8. The highest BCUT2D eigenvalue weighted by Crippen LogP contribution is 2.35. The fourth-order valence-corrected chi connectivity index (χ4v) is 5.12. The summed E-state index contributed by atoms with van der Waals surface area (Å²) in [5, 5.41) is 3.59. The van der Waals surface area contributed by atoms with Gasteiger partial charge in [-0.3, -0.25) is 13.9 Å². The van der Waals surface area contributed by atoms with Crippen LogP contribution in [0.1, 0.15) is 32.3 Å². The molecule has 36 heavy (non-hydrogen) atoms. The molecule has 1 unspecified atom stereocenters. The number of halogens is 5. The highest BCUT2D eigenvalue weighted by atomic mass is 35.5. The number of benzene rings is 2. The van der Waals surface area contributed by atoms with Crippen molar-refractivity contribution in [2.24, 2.45) is 0 Å². The summed E-state index contributed by atoms with van der Waals surface area (Å²) in [7, 11) is -3.99. The Kier molecular flexibility index (Phi) is 11.5. The third kappa shape index (κ3) is 8.30. The zero-order chi connectivity index (χ0) is 27.2. The van der Waals surface area contributed by atoms with Gasteiger partial charge in [-0.2, -0.15) is 0 Å². The summed E-state index contributed by atoms with van der Waals surface area (Å²) in [5.74, 6) is -1.03. The van der Waals surface area contributed by atoms with Gasteiger partial charge in [0, 0.05) is 13.1 Å². The van der Waals surface area contributed by atoms with Crippen LogP contribution in [0, 0.1) is 0 Å². The van der Waals surface area contributed by atoms with E-state index < -0.39 is 28.5 Å². The van der Waals surface area contributed by atoms with Gasteiger partial charge in [0.1, 0.15) is 12.6 Å². The molecular formula is C23H26Cl5N3O4S. The van der Waals surface area contributed by atoms with E-state index in [0.717, 1.165) is 23.4 Å². The Morgan fingerprint density at radius 3 is 2.14 bits per heavy atom. The zero-order valence-electron chi connectivity index (χ0n) is 19.8. The molecule has 0 aliphatic heterocycles. The number of carbonyl (C=O) groups excluding carboxylic acids is 2. The summed E-state index contributed by atoms with van der Waals surface area (Å²) in [4.78, 5) is 27.6. The third-order valence-electron chi connectivity index (χ3n) is 5.27. The molecule has 0 aromatic heterocycles. The van der Waals surface area contributed by atoms with E-state index in [2.05, 4.69) is 5.32 Å². The molecule has 2 aromatic carbocycles. The van der Waals surface area contributed by atoms with Crippen LogP contribution in [0.3, 0.4) is 0 Å². The van der Waals surface area contributed by atoms with Gasteiger partial charge >= 0.3 is 0 Å². The smallest absolute Gasteiger partial charge is 0.244 e. The van der Waals surface area contributed by atoms with Crippen molar-refractivity contribution >= 4 is 85.5 Å².